The maximum absolute atomic E-state index is 6.35. The Kier molecular flexibility index (Phi) is 4.84. The van der Waals surface area contributed by atoms with Crippen LogP contribution in [0.4, 0.5) is 0 Å². The highest BCUT2D eigenvalue weighted by Gasteiger charge is 2.27. The lowest BCUT2D eigenvalue weighted by molar-refractivity contribution is 0.170. The van der Waals surface area contributed by atoms with Crippen molar-refractivity contribution < 1.29 is 9.47 Å². The second-order valence-corrected chi connectivity index (χ2v) is 7.41. The van der Waals surface area contributed by atoms with Crippen LogP contribution in [-0.2, 0) is 0 Å². The number of nitrogens with two attached hydrogens (primary N) is 1. The van der Waals surface area contributed by atoms with Gasteiger partial charge in [0.1, 0.15) is 13.2 Å². The van der Waals surface area contributed by atoms with Crippen LogP contribution >= 0.6 is 23.4 Å². The predicted molar refractivity (Wildman–Crippen MR) is 87.7 cm³/mol. The molecule has 0 aromatic heterocycles. The molecular weight excluding hydrogens is 308 g/mol. The van der Waals surface area contributed by atoms with E-state index in [1.165, 1.54) is 0 Å². The van der Waals surface area contributed by atoms with Gasteiger partial charge < -0.3 is 15.2 Å². The van der Waals surface area contributed by atoms with Gasteiger partial charge >= 0.3 is 0 Å². The van der Waals surface area contributed by atoms with Crippen molar-refractivity contribution in [2.24, 2.45) is 5.73 Å². The molecule has 2 aliphatic heterocycles. The topological polar surface area (TPSA) is 47.7 Å². The van der Waals surface area contributed by atoms with E-state index in [1.807, 2.05) is 23.9 Å². The average Bonchev–Trinajstić information content (AvgIpc) is 2.48. The summed E-state index contributed by atoms with van der Waals surface area (Å²) >= 11 is 8.37. The largest absolute Gasteiger partial charge is 0.486 e. The van der Waals surface area contributed by atoms with E-state index in [1.54, 1.807) is 0 Å². The molecule has 0 saturated carbocycles. The van der Waals surface area contributed by atoms with Crippen molar-refractivity contribution in [1.82, 2.24) is 4.90 Å². The Hall–Kier alpha value is -0.620. The van der Waals surface area contributed by atoms with Gasteiger partial charge in [-0.15, -0.1) is 0 Å². The maximum atomic E-state index is 6.35. The number of halogens is 1. The summed E-state index contributed by atoms with van der Waals surface area (Å²) in [6.07, 6.45) is 0. The van der Waals surface area contributed by atoms with Gasteiger partial charge in [-0.05, 0) is 17.7 Å². The first-order chi connectivity index (χ1) is 10.2. The molecule has 0 radical (unpaired) electrons. The zero-order valence-electron chi connectivity index (χ0n) is 12.2. The number of hydrogen-bond donors (Lipinski definition) is 1. The minimum Gasteiger partial charge on any atom is -0.486 e. The molecule has 3 rings (SSSR count). The molecule has 2 N–H and O–H groups in total. The first-order valence-corrected chi connectivity index (χ1v) is 8.76. The van der Waals surface area contributed by atoms with Crippen LogP contribution in [0.3, 0.4) is 0 Å². The predicted octanol–water partition coefficient (Wildman–Crippen LogP) is 2.55. The fourth-order valence-electron chi connectivity index (χ4n) is 2.95. The molecule has 116 valence electrons. The number of nitrogens with zero attached hydrogens (tertiary/aromatic N) is 1. The first-order valence-electron chi connectivity index (χ1n) is 7.34. The lowest BCUT2D eigenvalue weighted by atomic mass is 10.0. The van der Waals surface area contributed by atoms with Crippen LogP contribution in [0.1, 0.15) is 18.5 Å². The highest BCUT2D eigenvalue weighted by Crippen LogP contribution is 2.40. The molecule has 4 nitrogen and oxygen atoms in total. The molecule has 21 heavy (non-hydrogen) atoms. The van der Waals surface area contributed by atoms with Crippen molar-refractivity contribution in [1.29, 1.82) is 0 Å². The second kappa shape index (κ2) is 6.65. The van der Waals surface area contributed by atoms with E-state index in [9.17, 15) is 0 Å². The van der Waals surface area contributed by atoms with Crippen molar-refractivity contribution in [3.63, 3.8) is 0 Å². The van der Waals surface area contributed by atoms with Crippen LogP contribution in [0.25, 0.3) is 0 Å². The molecule has 0 spiro atoms. The van der Waals surface area contributed by atoms with Crippen molar-refractivity contribution in [2.45, 2.75) is 18.2 Å². The number of benzene rings is 1. The molecule has 2 atom stereocenters. The molecular formula is C15H21ClN2O2S. The highest BCUT2D eigenvalue weighted by atomic mass is 35.5. The van der Waals surface area contributed by atoms with E-state index in [2.05, 4.69) is 11.8 Å². The van der Waals surface area contributed by atoms with E-state index in [0.29, 0.717) is 35.8 Å². The van der Waals surface area contributed by atoms with Crippen LogP contribution in [0, 0.1) is 0 Å². The minimum absolute atomic E-state index is 0.182. The molecule has 2 aliphatic rings. The van der Waals surface area contributed by atoms with Gasteiger partial charge in [0.25, 0.3) is 0 Å². The summed E-state index contributed by atoms with van der Waals surface area (Å²) in [4.78, 5) is 2.45. The van der Waals surface area contributed by atoms with Crippen molar-refractivity contribution >= 4 is 23.4 Å². The van der Waals surface area contributed by atoms with Crippen molar-refractivity contribution in [3.05, 3.63) is 22.7 Å². The first kappa shape index (κ1) is 15.3. The van der Waals surface area contributed by atoms with Gasteiger partial charge in [-0.1, -0.05) is 18.5 Å². The van der Waals surface area contributed by atoms with Gasteiger partial charge in [-0.25, -0.2) is 0 Å². The van der Waals surface area contributed by atoms with E-state index in [4.69, 9.17) is 26.8 Å². The number of hydrogen-bond acceptors (Lipinski definition) is 5. The Morgan fingerprint density at radius 2 is 2.24 bits per heavy atom. The van der Waals surface area contributed by atoms with E-state index < -0.39 is 0 Å². The van der Waals surface area contributed by atoms with Gasteiger partial charge in [-0.2, -0.15) is 11.8 Å². The summed E-state index contributed by atoms with van der Waals surface area (Å²) in [7, 11) is 0. The molecule has 1 aromatic carbocycles. The highest BCUT2D eigenvalue weighted by molar-refractivity contribution is 7.99. The monoisotopic (exact) mass is 328 g/mol. The quantitative estimate of drug-likeness (QED) is 0.924. The number of fused-ring (bicyclic) bond motifs is 1. The molecule has 2 heterocycles. The lowest BCUT2D eigenvalue weighted by Gasteiger charge is -2.37. The third-order valence-electron chi connectivity index (χ3n) is 3.94. The Morgan fingerprint density at radius 3 is 3.00 bits per heavy atom. The summed E-state index contributed by atoms with van der Waals surface area (Å²) in [5.74, 6) is 2.54. The third kappa shape index (κ3) is 3.26. The Labute approximate surface area is 134 Å². The van der Waals surface area contributed by atoms with Gasteiger partial charge in [-0.3, -0.25) is 4.90 Å². The average molecular weight is 329 g/mol. The normalized spacial score (nSPS) is 23.9. The summed E-state index contributed by atoms with van der Waals surface area (Å²) in [6, 6.07) is 4.19. The zero-order chi connectivity index (χ0) is 14.8. The summed E-state index contributed by atoms with van der Waals surface area (Å²) < 4.78 is 11.3. The van der Waals surface area contributed by atoms with Crippen molar-refractivity contribution in [3.8, 4) is 11.5 Å². The van der Waals surface area contributed by atoms with Crippen LogP contribution in [0.15, 0.2) is 12.1 Å². The molecule has 1 saturated heterocycles. The Morgan fingerprint density at radius 1 is 1.43 bits per heavy atom. The second-order valence-electron chi connectivity index (χ2n) is 5.45. The number of ether oxygens (including phenoxy) is 2. The SMILES string of the molecule is CC1CN(C(CN)c2cc(Cl)c3c(c2)OCCO3)CCS1. The van der Waals surface area contributed by atoms with E-state index in [-0.39, 0.29) is 6.04 Å². The molecule has 0 amide bonds. The standard InChI is InChI=1S/C15H21ClN2O2S/c1-10-9-18(2-5-21-10)13(8-17)11-6-12(16)15-14(7-11)19-3-4-20-15/h6-7,10,13H,2-5,8-9,17H2,1H3. The molecule has 2 unspecified atom stereocenters. The summed E-state index contributed by atoms with van der Waals surface area (Å²) in [6.45, 7) is 6.07. The summed E-state index contributed by atoms with van der Waals surface area (Å²) in [5, 5.41) is 1.25. The fraction of sp³-hybridized carbons (Fsp3) is 0.600. The molecule has 6 heteroatoms. The molecule has 1 fully saturated rings. The number of thioether (sulfide) groups is 1. The van der Waals surface area contributed by atoms with Gasteiger partial charge in [0.2, 0.25) is 0 Å². The lowest BCUT2D eigenvalue weighted by Crippen LogP contribution is -2.42. The van der Waals surface area contributed by atoms with Crippen LogP contribution < -0.4 is 15.2 Å². The van der Waals surface area contributed by atoms with Gasteiger partial charge in [0, 0.05) is 36.7 Å². The van der Waals surface area contributed by atoms with Gasteiger partial charge in [0.15, 0.2) is 11.5 Å². The smallest absolute Gasteiger partial charge is 0.179 e. The van der Waals surface area contributed by atoms with Crippen LogP contribution in [0.5, 0.6) is 11.5 Å². The Balaban J connectivity index is 1.88. The third-order valence-corrected chi connectivity index (χ3v) is 5.36. The molecule has 0 bridgehead atoms. The molecule has 1 aromatic rings. The maximum Gasteiger partial charge on any atom is 0.179 e. The molecule has 0 aliphatic carbocycles. The van der Waals surface area contributed by atoms with Crippen LogP contribution in [-0.4, -0.2) is 48.8 Å². The zero-order valence-corrected chi connectivity index (χ0v) is 13.8. The number of rotatable bonds is 3. The Bertz CT molecular complexity index is 515. The minimum atomic E-state index is 0.182. The van der Waals surface area contributed by atoms with Crippen LogP contribution in [0.2, 0.25) is 5.02 Å². The summed E-state index contributed by atoms with van der Waals surface area (Å²) in [5.41, 5.74) is 7.16. The van der Waals surface area contributed by atoms with E-state index >= 15 is 0 Å². The van der Waals surface area contributed by atoms with E-state index in [0.717, 1.165) is 30.2 Å². The fourth-order valence-corrected chi connectivity index (χ4v) is 4.26. The van der Waals surface area contributed by atoms with Gasteiger partial charge in [0.05, 0.1) is 5.02 Å². The van der Waals surface area contributed by atoms with Crippen molar-refractivity contribution in [2.75, 3.05) is 38.6 Å².